The molecule has 0 heterocycles. The Balaban J connectivity index is 3.76. The van der Waals surface area contributed by atoms with Gasteiger partial charge in [-0.3, -0.25) is 0 Å². The highest BCUT2D eigenvalue weighted by Gasteiger charge is 2.29. The summed E-state index contributed by atoms with van der Waals surface area (Å²) < 4.78 is 5.12. The average Bonchev–Trinajstić information content (AvgIpc) is 2.35. The van der Waals surface area contributed by atoms with Crippen molar-refractivity contribution in [3.05, 3.63) is 0 Å². The van der Waals surface area contributed by atoms with E-state index in [9.17, 15) is 15.3 Å². The molecule has 0 radical (unpaired) electrons. The lowest BCUT2D eigenvalue weighted by molar-refractivity contribution is -0.129. The summed E-state index contributed by atoms with van der Waals surface area (Å²) in [6, 6.07) is 0. The van der Waals surface area contributed by atoms with Crippen LogP contribution in [-0.2, 0) is 4.74 Å². The normalized spacial score (nSPS) is 18.7. The topological polar surface area (TPSA) is 110 Å². The smallest absolute Gasteiger partial charge is 0.111 e. The number of rotatable bonds is 10. The summed E-state index contributed by atoms with van der Waals surface area (Å²) in [6.45, 7) is 1.75. The van der Waals surface area contributed by atoms with Crippen LogP contribution in [0.1, 0.15) is 26.2 Å². The second-order valence-electron chi connectivity index (χ2n) is 4.08. The minimum absolute atomic E-state index is 0.111. The van der Waals surface area contributed by atoms with Crippen LogP contribution >= 0.6 is 0 Å². The van der Waals surface area contributed by atoms with Gasteiger partial charge in [0.2, 0.25) is 0 Å². The van der Waals surface area contributed by atoms with Crippen molar-refractivity contribution in [2.45, 2.75) is 50.6 Å². The fourth-order valence-corrected chi connectivity index (χ4v) is 1.32. The van der Waals surface area contributed by atoms with E-state index in [0.29, 0.717) is 6.61 Å². The van der Waals surface area contributed by atoms with Gasteiger partial charge in [-0.2, -0.15) is 0 Å². The Morgan fingerprint density at radius 3 is 2.06 bits per heavy atom. The predicted octanol–water partition coefficient (Wildman–Crippen LogP) is -1.37. The molecule has 0 saturated carbocycles. The van der Waals surface area contributed by atoms with Crippen LogP contribution < -0.4 is 0 Å². The molecule has 0 aromatic carbocycles. The SMILES string of the molecule is CCCCCOC[C@@H](O)[C@H](O)[C@H](O)[C@@H](O)CO. The van der Waals surface area contributed by atoms with E-state index in [1.54, 1.807) is 0 Å². The molecule has 0 aliphatic rings. The fourth-order valence-electron chi connectivity index (χ4n) is 1.32. The van der Waals surface area contributed by atoms with Crippen LogP contribution in [0.2, 0.25) is 0 Å². The lowest BCUT2D eigenvalue weighted by Gasteiger charge is -2.25. The number of ether oxygens (including phenoxy) is 1. The Kier molecular flexibility index (Phi) is 9.62. The molecule has 5 N–H and O–H groups in total. The molecule has 0 aromatic heterocycles. The first-order valence-electron chi connectivity index (χ1n) is 5.95. The maximum absolute atomic E-state index is 9.46. The Labute approximate surface area is 101 Å². The van der Waals surface area contributed by atoms with E-state index in [2.05, 4.69) is 6.92 Å². The Morgan fingerprint density at radius 2 is 1.53 bits per heavy atom. The van der Waals surface area contributed by atoms with Crippen molar-refractivity contribution in [1.82, 2.24) is 0 Å². The average molecular weight is 252 g/mol. The molecule has 0 amide bonds. The van der Waals surface area contributed by atoms with Crippen LogP contribution in [0.4, 0.5) is 0 Å². The largest absolute Gasteiger partial charge is 0.394 e. The minimum atomic E-state index is -1.59. The molecule has 0 aliphatic heterocycles. The monoisotopic (exact) mass is 252 g/mol. The lowest BCUT2D eigenvalue weighted by Crippen LogP contribution is -2.47. The maximum Gasteiger partial charge on any atom is 0.111 e. The molecule has 0 aliphatic carbocycles. The van der Waals surface area contributed by atoms with E-state index >= 15 is 0 Å². The van der Waals surface area contributed by atoms with E-state index in [1.807, 2.05) is 0 Å². The van der Waals surface area contributed by atoms with Crippen molar-refractivity contribution in [3.8, 4) is 0 Å². The van der Waals surface area contributed by atoms with Crippen molar-refractivity contribution in [1.29, 1.82) is 0 Å². The third kappa shape index (κ3) is 6.92. The quantitative estimate of drug-likeness (QED) is 0.307. The van der Waals surface area contributed by atoms with Gasteiger partial charge in [0.1, 0.15) is 24.4 Å². The molecule has 104 valence electrons. The Morgan fingerprint density at radius 1 is 0.941 bits per heavy atom. The molecule has 0 saturated heterocycles. The van der Waals surface area contributed by atoms with Crippen molar-refractivity contribution >= 4 is 0 Å². The summed E-state index contributed by atoms with van der Waals surface area (Å²) in [6.07, 6.45) is -2.91. The minimum Gasteiger partial charge on any atom is -0.394 e. The van der Waals surface area contributed by atoms with Crippen LogP contribution in [0, 0.1) is 0 Å². The Hall–Kier alpha value is -0.240. The Bertz CT molecular complexity index is 177. The van der Waals surface area contributed by atoms with Crippen LogP contribution in [0.5, 0.6) is 0 Å². The predicted molar refractivity (Wildman–Crippen MR) is 61.5 cm³/mol. The molecule has 0 bridgehead atoms. The zero-order valence-corrected chi connectivity index (χ0v) is 10.2. The highest BCUT2D eigenvalue weighted by molar-refractivity contribution is 4.80. The van der Waals surface area contributed by atoms with E-state index < -0.39 is 31.0 Å². The lowest BCUT2D eigenvalue weighted by atomic mass is 10.0. The van der Waals surface area contributed by atoms with Gasteiger partial charge in [0.15, 0.2) is 0 Å². The van der Waals surface area contributed by atoms with Crippen LogP contribution in [0.15, 0.2) is 0 Å². The molecule has 17 heavy (non-hydrogen) atoms. The summed E-state index contributed by atoms with van der Waals surface area (Å²) in [4.78, 5) is 0. The summed E-state index contributed by atoms with van der Waals surface area (Å²) in [5.74, 6) is 0. The zero-order chi connectivity index (χ0) is 13.3. The molecule has 0 rings (SSSR count). The number of aliphatic hydroxyl groups is 5. The first kappa shape index (κ1) is 16.8. The number of hydrogen-bond donors (Lipinski definition) is 5. The molecule has 6 heteroatoms. The van der Waals surface area contributed by atoms with Crippen molar-refractivity contribution in [3.63, 3.8) is 0 Å². The molecule has 4 atom stereocenters. The zero-order valence-electron chi connectivity index (χ0n) is 10.2. The summed E-state index contributed by atoms with van der Waals surface area (Å²) >= 11 is 0. The third-order valence-corrected chi connectivity index (χ3v) is 2.51. The van der Waals surface area contributed by atoms with Gasteiger partial charge in [-0.25, -0.2) is 0 Å². The fraction of sp³-hybridized carbons (Fsp3) is 1.00. The molecular weight excluding hydrogens is 228 g/mol. The summed E-state index contributed by atoms with van der Waals surface area (Å²) in [5.41, 5.74) is 0. The van der Waals surface area contributed by atoms with Gasteiger partial charge in [0, 0.05) is 6.61 Å². The first-order chi connectivity index (χ1) is 8.04. The van der Waals surface area contributed by atoms with Gasteiger partial charge in [0.05, 0.1) is 13.2 Å². The summed E-state index contributed by atoms with van der Waals surface area (Å²) in [5, 5.41) is 45.9. The maximum atomic E-state index is 9.46. The molecular formula is C11H24O6. The molecule has 0 fully saturated rings. The van der Waals surface area contributed by atoms with Gasteiger partial charge in [0.25, 0.3) is 0 Å². The van der Waals surface area contributed by atoms with Crippen LogP contribution in [0.3, 0.4) is 0 Å². The standard InChI is InChI=1S/C11H24O6/c1-2-3-4-5-17-7-9(14)11(16)10(15)8(13)6-12/h8-16H,2-7H2,1H3/t8-,9+,10+,11-/m0/s1. The molecule has 6 nitrogen and oxygen atoms in total. The molecule has 0 spiro atoms. The highest BCUT2D eigenvalue weighted by Crippen LogP contribution is 2.06. The number of hydrogen-bond acceptors (Lipinski definition) is 6. The summed E-state index contributed by atoms with van der Waals surface area (Å²) in [7, 11) is 0. The highest BCUT2D eigenvalue weighted by atomic mass is 16.5. The van der Waals surface area contributed by atoms with Crippen molar-refractivity contribution < 1.29 is 30.3 Å². The van der Waals surface area contributed by atoms with Gasteiger partial charge >= 0.3 is 0 Å². The first-order valence-corrected chi connectivity index (χ1v) is 5.95. The number of aliphatic hydroxyl groups excluding tert-OH is 5. The van der Waals surface area contributed by atoms with Gasteiger partial charge in [-0.05, 0) is 6.42 Å². The van der Waals surface area contributed by atoms with Crippen molar-refractivity contribution in [2.75, 3.05) is 19.8 Å². The van der Waals surface area contributed by atoms with E-state index in [1.165, 1.54) is 0 Å². The van der Waals surface area contributed by atoms with Crippen molar-refractivity contribution in [2.24, 2.45) is 0 Å². The van der Waals surface area contributed by atoms with Gasteiger partial charge in [-0.15, -0.1) is 0 Å². The van der Waals surface area contributed by atoms with Crippen LogP contribution in [-0.4, -0.2) is 69.8 Å². The second kappa shape index (κ2) is 9.76. The molecule has 0 unspecified atom stereocenters. The third-order valence-electron chi connectivity index (χ3n) is 2.51. The van der Waals surface area contributed by atoms with Gasteiger partial charge in [-0.1, -0.05) is 19.8 Å². The number of unbranched alkanes of at least 4 members (excludes halogenated alkanes) is 2. The van der Waals surface area contributed by atoms with Gasteiger partial charge < -0.3 is 30.3 Å². The van der Waals surface area contributed by atoms with E-state index in [4.69, 9.17) is 14.9 Å². The second-order valence-corrected chi connectivity index (χ2v) is 4.08. The van der Waals surface area contributed by atoms with Crippen LogP contribution in [0.25, 0.3) is 0 Å². The molecule has 0 aromatic rings. The van der Waals surface area contributed by atoms with E-state index in [-0.39, 0.29) is 6.61 Å². The van der Waals surface area contributed by atoms with E-state index in [0.717, 1.165) is 19.3 Å².